The van der Waals surface area contributed by atoms with Crippen molar-refractivity contribution in [2.45, 2.75) is 25.7 Å². The van der Waals surface area contributed by atoms with Crippen molar-refractivity contribution >= 4 is 6.03 Å². The van der Waals surface area contributed by atoms with Gasteiger partial charge in [0.05, 0.1) is 0 Å². The smallest absolute Gasteiger partial charge is 0.317 e. The Morgan fingerprint density at radius 2 is 1.92 bits per heavy atom. The van der Waals surface area contributed by atoms with E-state index in [4.69, 9.17) is 5.73 Å². The molecule has 24 heavy (non-hydrogen) atoms. The highest BCUT2D eigenvalue weighted by atomic mass is 16.2. The number of nitrogens with zero attached hydrogens (tertiary/aromatic N) is 2. The number of urea groups is 1. The zero-order chi connectivity index (χ0) is 17.4. The second-order valence-electron chi connectivity index (χ2n) is 7.21. The predicted octanol–water partition coefficient (Wildman–Crippen LogP) is 1.93. The first kappa shape index (κ1) is 18.7. The first-order chi connectivity index (χ1) is 11.5. The summed E-state index contributed by atoms with van der Waals surface area (Å²) in [5.41, 5.74) is 7.66. The fourth-order valence-electron chi connectivity index (χ4n) is 3.29. The van der Waals surface area contributed by atoms with E-state index < -0.39 is 0 Å². The molecule has 1 fully saturated rings. The molecule has 5 heteroatoms. The van der Waals surface area contributed by atoms with Gasteiger partial charge in [0.15, 0.2) is 0 Å². The third-order valence-corrected chi connectivity index (χ3v) is 5.17. The Morgan fingerprint density at radius 3 is 2.50 bits per heavy atom. The Labute approximate surface area is 146 Å². The van der Waals surface area contributed by atoms with Crippen molar-refractivity contribution in [1.29, 1.82) is 0 Å². The van der Waals surface area contributed by atoms with E-state index in [1.165, 1.54) is 5.56 Å². The summed E-state index contributed by atoms with van der Waals surface area (Å²) in [6.07, 6.45) is 4.16. The number of piperidine rings is 1. The van der Waals surface area contributed by atoms with E-state index in [9.17, 15) is 4.79 Å². The molecule has 134 valence electrons. The zero-order valence-electron chi connectivity index (χ0n) is 15.1. The number of likely N-dealkylation sites (N-methyl/N-ethyl adjacent to an activating group) is 1. The maximum atomic E-state index is 12.2. The van der Waals surface area contributed by atoms with Crippen LogP contribution < -0.4 is 11.1 Å². The third-order valence-electron chi connectivity index (χ3n) is 5.17. The van der Waals surface area contributed by atoms with Gasteiger partial charge in [0.2, 0.25) is 0 Å². The van der Waals surface area contributed by atoms with Crippen LogP contribution in [0.4, 0.5) is 4.79 Å². The lowest BCUT2D eigenvalue weighted by atomic mass is 9.74. The zero-order valence-corrected chi connectivity index (χ0v) is 15.1. The summed E-state index contributed by atoms with van der Waals surface area (Å²) >= 11 is 0. The molecule has 2 amide bonds. The summed E-state index contributed by atoms with van der Waals surface area (Å²) in [5, 5.41) is 3.00. The van der Waals surface area contributed by atoms with Gasteiger partial charge in [-0.3, -0.25) is 0 Å². The average molecular weight is 332 g/mol. The van der Waals surface area contributed by atoms with E-state index >= 15 is 0 Å². The number of benzene rings is 1. The minimum atomic E-state index is 0.0607. The van der Waals surface area contributed by atoms with Crippen LogP contribution in [-0.4, -0.2) is 62.7 Å². The van der Waals surface area contributed by atoms with Gasteiger partial charge in [-0.15, -0.1) is 0 Å². The minimum Gasteiger partial charge on any atom is -0.337 e. The molecule has 1 saturated heterocycles. The first-order valence-electron chi connectivity index (χ1n) is 8.96. The number of carbonyl (C=O) groups is 1. The summed E-state index contributed by atoms with van der Waals surface area (Å²) in [6.45, 7) is 3.87. The van der Waals surface area contributed by atoms with Crippen molar-refractivity contribution in [3.05, 3.63) is 35.9 Å². The monoisotopic (exact) mass is 332 g/mol. The SMILES string of the molecule is CN(C)CCNC(=O)N1CCC(CN)(CCc2ccccc2)CC1. The minimum absolute atomic E-state index is 0.0607. The van der Waals surface area contributed by atoms with Crippen molar-refractivity contribution in [3.63, 3.8) is 0 Å². The first-order valence-corrected chi connectivity index (χ1v) is 8.96. The van der Waals surface area contributed by atoms with Crippen LogP contribution in [0.15, 0.2) is 30.3 Å². The molecule has 1 aliphatic rings. The topological polar surface area (TPSA) is 61.6 Å². The van der Waals surface area contributed by atoms with E-state index in [1.54, 1.807) is 0 Å². The molecule has 0 radical (unpaired) electrons. The van der Waals surface area contributed by atoms with E-state index in [-0.39, 0.29) is 11.4 Å². The Bertz CT molecular complexity index is 495. The molecule has 0 bridgehead atoms. The maximum absolute atomic E-state index is 12.2. The molecule has 0 spiro atoms. The number of amides is 2. The fourth-order valence-corrected chi connectivity index (χ4v) is 3.29. The molecule has 0 unspecified atom stereocenters. The highest BCUT2D eigenvalue weighted by Crippen LogP contribution is 2.35. The lowest BCUT2D eigenvalue weighted by Crippen LogP contribution is -2.50. The number of hydrogen-bond donors (Lipinski definition) is 2. The van der Waals surface area contributed by atoms with Crippen LogP contribution in [-0.2, 0) is 6.42 Å². The highest BCUT2D eigenvalue weighted by molar-refractivity contribution is 5.74. The van der Waals surface area contributed by atoms with Crippen molar-refractivity contribution < 1.29 is 4.79 Å². The van der Waals surface area contributed by atoms with E-state index in [0.29, 0.717) is 13.1 Å². The average Bonchev–Trinajstić information content (AvgIpc) is 2.61. The maximum Gasteiger partial charge on any atom is 0.317 e. The van der Waals surface area contributed by atoms with E-state index in [0.717, 1.165) is 45.3 Å². The van der Waals surface area contributed by atoms with Crippen molar-refractivity contribution in [3.8, 4) is 0 Å². The Kier molecular flexibility index (Phi) is 7.06. The second kappa shape index (κ2) is 9.04. The highest BCUT2D eigenvalue weighted by Gasteiger charge is 2.34. The summed E-state index contributed by atoms with van der Waals surface area (Å²) in [6, 6.07) is 10.6. The molecule has 1 aliphatic heterocycles. The van der Waals surface area contributed by atoms with Crippen LogP contribution in [0.1, 0.15) is 24.8 Å². The Hall–Kier alpha value is -1.59. The number of aryl methyl sites for hydroxylation is 1. The van der Waals surface area contributed by atoms with Crippen LogP contribution in [0.2, 0.25) is 0 Å². The second-order valence-corrected chi connectivity index (χ2v) is 7.21. The van der Waals surface area contributed by atoms with Gasteiger partial charge >= 0.3 is 6.03 Å². The predicted molar refractivity (Wildman–Crippen MR) is 99.0 cm³/mol. The molecule has 5 nitrogen and oxygen atoms in total. The van der Waals surface area contributed by atoms with Gasteiger partial charge in [-0.1, -0.05) is 30.3 Å². The van der Waals surface area contributed by atoms with Crippen molar-refractivity contribution in [2.75, 3.05) is 46.8 Å². The molecule has 0 saturated carbocycles. The molecule has 2 rings (SSSR count). The van der Waals surface area contributed by atoms with E-state index in [2.05, 4.69) is 40.5 Å². The number of carbonyl (C=O) groups excluding carboxylic acids is 1. The number of hydrogen-bond acceptors (Lipinski definition) is 3. The lowest BCUT2D eigenvalue weighted by molar-refractivity contribution is 0.114. The molecule has 0 aromatic heterocycles. The normalized spacial score (nSPS) is 17.1. The fraction of sp³-hybridized carbons (Fsp3) is 0.632. The molecule has 3 N–H and O–H groups in total. The van der Waals surface area contributed by atoms with Gasteiger partial charge < -0.3 is 20.9 Å². The summed E-state index contributed by atoms with van der Waals surface area (Å²) < 4.78 is 0. The Balaban J connectivity index is 1.79. The molecule has 0 atom stereocenters. The van der Waals surface area contributed by atoms with Crippen molar-refractivity contribution in [1.82, 2.24) is 15.1 Å². The van der Waals surface area contributed by atoms with E-state index in [1.807, 2.05) is 19.0 Å². The van der Waals surface area contributed by atoms with Gasteiger partial charge in [-0.2, -0.15) is 0 Å². The summed E-state index contributed by atoms with van der Waals surface area (Å²) in [5.74, 6) is 0. The van der Waals surface area contributed by atoms with Crippen LogP contribution in [0.3, 0.4) is 0 Å². The van der Waals surface area contributed by atoms with Gasteiger partial charge in [0.1, 0.15) is 0 Å². The molecule has 0 aliphatic carbocycles. The number of nitrogens with one attached hydrogen (secondary N) is 1. The summed E-state index contributed by atoms with van der Waals surface area (Å²) in [7, 11) is 4.02. The lowest BCUT2D eigenvalue weighted by Gasteiger charge is -2.41. The van der Waals surface area contributed by atoms with Crippen LogP contribution in [0, 0.1) is 5.41 Å². The third kappa shape index (κ3) is 5.49. The summed E-state index contributed by atoms with van der Waals surface area (Å²) in [4.78, 5) is 16.2. The molecular formula is C19H32N4O. The van der Waals surface area contributed by atoms with Crippen LogP contribution in [0.25, 0.3) is 0 Å². The Morgan fingerprint density at radius 1 is 1.25 bits per heavy atom. The van der Waals surface area contributed by atoms with Gasteiger partial charge in [0, 0.05) is 26.2 Å². The number of nitrogens with two attached hydrogens (primary N) is 1. The quantitative estimate of drug-likeness (QED) is 0.802. The molecule has 1 heterocycles. The van der Waals surface area contributed by atoms with Crippen LogP contribution in [0.5, 0.6) is 0 Å². The largest absolute Gasteiger partial charge is 0.337 e. The number of likely N-dealkylation sites (tertiary alicyclic amines) is 1. The molecule has 1 aromatic rings. The van der Waals surface area contributed by atoms with Crippen LogP contribution >= 0.6 is 0 Å². The molecule has 1 aromatic carbocycles. The number of rotatable bonds is 7. The van der Waals surface area contributed by atoms with Gasteiger partial charge in [0.25, 0.3) is 0 Å². The van der Waals surface area contributed by atoms with Gasteiger partial charge in [-0.25, -0.2) is 4.79 Å². The standard InChI is InChI=1S/C19H32N4O/c1-22(2)15-12-21-18(24)23-13-10-19(16-20,11-14-23)9-8-17-6-4-3-5-7-17/h3-7H,8-16,20H2,1-2H3,(H,21,24). The molecular weight excluding hydrogens is 300 g/mol. The van der Waals surface area contributed by atoms with Crippen molar-refractivity contribution in [2.24, 2.45) is 11.1 Å². The van der Waals surface area contributed by atoms with Gasteiger partial charge in [-0.05, 0) is 57.3 Å².